The van der Waals surface area contributed by atoms with Gasteiger partial charge in [-0.1, -0.05) is 63.6 Å². The van der Waals surface area contributed by atoms with Gasteiger partial charge in [-0.2, -0.15) is 0 Å². The van der Waals surface area contributed by atoms with Gasteiger partial charge in [0.25, 0.3) is 5.91 Å². The molecular formula is C17H26N2OS. The maximum absolute atomic E-state index is 11.9. The molecule has 0 atom stereocenters. The van der Waals surface area contributed by atoms with Crippen molar-refractivity contribution in [3.63, 3.8) is 0 Å². The minimum Gasteiger partial charge on any atom is -0.362 e. The van der Waals surface area contributed by atoms with Gasteiger partial charge >= 0.3 is 0 Å². The van der Waals surface area contributed by atoms with Crippen LogP contribution in [0.15, 0.2) is 30.3 Å². The third-order valence-electron chi connectivity index (χ3n) is 3.33. The van der Waals surface area contributed by atoms with Crippen LogP contribution in [0.1, 0.15) is 62.2 Å². The first-order valence-corrected chi connectivity index (χ1v) is 8.29. The van der Waals surface area contributed by atoms with Crippen molar-refractivity contribution in [2.75, 3.05) is 6.54 Å². The summed E-state index contributed by atoms with van der Waals surface area (Å²) in [5.41, 5.74) is 0.623. The second kappa shape index (κ2) is 11.3. The van der Waals surface area contributed by atoms with Crippen molar-refractivity contribution in [3.8, 4) is 0 Å². The van der Waals surface area contributed by atoms with Gasteiger partial charge in [0.1, 0.15) is 0 Å². The average Bonchev–Trinajstić information content (AvgIpc) is 2.50. The second-order valence-corrected chi connectivity index (χ2v) is 5.61. The highest BCUT2D eigenvalue weighted by atomic mass is 32.1. The number of benzene rings is 1. The number of thiocarbonyl (C=S) groups is 1. The third kappa shape index (κ3) is 8.45. The average molecular weight is 306 g/mol. The molecule has 0 aliphatic carbocycles. The van der Waals surface area contributed by atoms with Crippen molar-refractivity contribution >= 4 is 23.2 Å². The Labute approximate surface area is 133 Å². The van der Waals surface area contributed by atoms with Crippen LogP contribution in [-0.2, 0) is 0 Å². The zero-order chi connectivity index (χ0) is 15.3. The van der Waals surface area contributed by atoms with Crippen LogP contribution in [0.2, 0.25) is 0 Å². The van der Waals surface area contributed by atoms with Crippen molar-refractivity contribution in [1.82, 2.24) is 10.6 Å². The largest absolute Gasteiger partial charge is 0.362 e. The van der Waals surface area contributed by atoms with E-state index in [1.807, 2.05) is 18.2 Å². The highest BCUT2D eigenvalue weighted by molar-refractivity contribution is 7.80. The normalized spacial score (nSPS) is 10.1. The highest BCUT2D eigenvalue weighted by Crippen LogP contribution is 2.06. The number of carbonyl (C=O) groups excluding carboxylic acids is 1. The van der Waals surface area contributed by atoms with Crippen LogP contribution in [0.4, 0.5) is 0 Å². The first-order chi connectivity index (χ1) is 10.2. The monoisotopic (exact) mass is 306 g/mol. The lowest BCUT2D eigenvalue weighted by Gasteiger charge is -2.09. The molecule has 0 radical (unpaired) electrons. The summed E-state index contributed by atoms with van der Waals surface area (Å²) in [6.07, 6.45) is 8.88. The van der Waals surface area contributed by atoms with Gasteiger partial charge in [-0.15, -0.1) is 0 Å². The van der Waals surface area contributed by atoms with Gasteiger partial charge in [-0.05, 0) is 30.8 Å². The maximum atomic E-state index is 11.9. The van der Waals surface area contributed by atoms with Gasteiger partial charge < -0.3 is 5.32 Å². The van der Waals surface area contributed by atoms with Crippen LogP contribution in [-0.4, -0.2) is 17.6 Å². The van der Waals surface area contributed by atoms with E-state index in [4.69, 9.17) is 12.2 Å². The van der Waals surface area contributed by atoms with Gasteiger partial charge in [0.05, 0.1) is 0 Å². The Hall–Kier alpha value is -1.42. The molecule has 1 aromatic carbocycles. The standard InChI is InChI=1S/C17H26N2OS/c1-2-3-4-5-6-7-11-14-18-17(21)19-16(20)15-12-9-8-10-13-15/h8-10,12-13H,2-7,11,14H2,1H3,(H2,18,19,20,21). The van der Waals surface area contributed by atoms with Crippen molar-refractivity contribution in [2.24, 2.45) is 0 Å². The van der Waals surface area contributed by atoms with E-state index < -0.39 is 0 Å². The molecule has 0 unspecified atom stereocenters. The maximum Gasteiger partial charge on any atom is 0.257 e. The van der Waals surface area contributed by atoms with Gasteiger partial charge in [0.15, 0.2) is 5.11 Å². The molecule has 0 aromatic heterocycles. The molecule has 3 nitrogen and oxygen atoms in total. The summed E-state index contributed by atoms with van der Waals surface area (Å²) >= 11 is 5.12. The molecule has 0 aliphatic rings. The van der Waals surface area contributed by atoms with Crippen LogP contribution in [0, 0.1) is 0 Å². The van der Waals surface area contributed by atoms with E-state index in [-0.39, 0.29) is 5.91 Å². The molecule has 2 N–H and O–H groups in total. The summed E-state index contributed by atoms with van der Waals surface area (Å²) in [6.45, 7) is 3.05. The Bertz CT molecular complexity index is 420. The molecule has 0 aliphatic heterocycles. The predicted molar refractivity (Wildman–Crippen MR) is 92.5 cm³/mol. The molecule has 21 heavy (non-hydrogen) atoms. The third-order valence-corrected chi connectivity index (χ3v) is 3.58. The van der Waals surface area contributed by atoms with Crippen LogP contribution in [0.3, 0.4) is 0 Å². The first-order valence-electron chi connectivity index (χ1n) is 7.88. The minimum absolute atomic E-state index is 0.160. The van der Waals surface area contributed by atoms with Gasteiger partial charge in [0.2, 0.25) is 0 Å². The number of nitrogens with one attached hydrogen (secondary N) is 2. The molecule has 0 saturated heterocycles. The Morgan fingerprint density at radius 3 is 2.29 bits per heavy atom. The topological polar surface area (TPSA) is 41.1 Å². The molecule has 0 spiro atoms. The van der Waals surface area contributed by atoms with E-state index >= 15 is 0 Å². The van der Waals surface area contributed by atoms with Gasteiger partial charge in [-0.25, -0.2) is 0 Å². The molecular weight excluding hydrogens is 280 g/mol. The number of unbranched alkanes of at least 4 members (excludes halogenated alkanes) is 6. The molecule has 1 aromatic rings. The summed E-state index contributed by atoms with van der Waals surface area (Å²) in [5, 5.41) is 6.19. The van der Waals surface area contributed by atoms with Crippen molar-refractivity contribution < 1.29 is 4.79 Å². The molecule has 0 bridgehead atoms. The van der Waals surface area contributed by atoms with E-state index in [2.05, 4.69) is 17.6 Å². The first kappa shape index (κ1) is 17.6. The van der Waals surface area contributed by atoms with E-state index in [1.165, 1.54) is 38.5 Å². The molecule has 116 valence electrons. The lowest BCUT2D eigenvalue weighted by atomic mass is 10.1. The van der Waals surface area contributed by atoms with Crippen LogP contribution in [0.25, 0.3) is 0 Å². The molecule has 4 heteroatoms. The fourth-order valence-corrected chi connectivity index (χ4v) is 2.29. The summed E-state index contributed by atoms with van der Waals surface area (Å²) < 4.78 is 0. The number of rotatable bonds is 9. The van der Waals surface area contributed by atoms with Crippen LogP contribution < -0.4 is 10.6 Å². The zero-order valence-corrected chi connectivity index (χ0v) is 13.7. The van der Waals surface area contributed by atoms with Gasteiger partial charge in [-0.3, -0.25) is 10.1 Å². The van der Waals surface area contributed by atoms with Crippen LogP contribution >= 0.6 is 12.2 Å². The fourth-order valence-electron chi connectivity index (χ4n) is 2.09. The number of hydrogen-bond donors (Lipinski definition) is 2. The Kier molecular flexibility index (Phi) is 9.46. The summed E-state index contributed by atoms with van der Waals surface area (Å²) in [4.78, 5) is 11.9. The zero-order valence-electron chi connectivity index (χ0n) is 12.9. The van der Waals surface area contributed by atoms with Crippen molar-refractivity contribution in [1.29, 1.82) is 0 Å². The Morgan fingerprint density at radius 1 is 1.00 bits per heavy atom. The second-order valence-electron chi connectivity index (χ2n) is 5.20. The summed E-state index contributed by atoms with van der Waals surface area (Å²) in [7, 11) is 0. The SMILES string of the molecule is CCCCCCCCCNC(=S)NC(=O)c1ccccc1. The van der Waals surface area contributed by atoms with Crippen LogP contribution in [0.5, 0.6) is 0 Å². The minimum atomic E-state index is -0.160. The lowest BCUT2D eigenvalue weighted by molar-refractivity contribution is 0.0976. The summed E-state index contributed by atoms with van der Waals surface area (Å²) in [5.74, 6) is -0.160. The molecule has 1 rings (SSSR count). The smallest absolute Gasteiger partial charge is 0.257 e. The molecule has 0 fully saturated rings. The van der Waals surface area contributed by atoms with E-state index in [0.717, 1.165) is 13.0 Å². The van der Waals surface area contributed by atoms with Crippen molar-refractivity contribution in [2.45, 2.75) is 51.9 Å². The predicted octanol–water partition coefficient (Wildman–Crippen LogP) is 4.04. The quantitative estimate of drug-likeness (QED) is 0.534. The van der Waals surface area contributed by atoms with E-state index in [9.17, 15) is 4.79 Å². The van der Waals surface area contributed by atoms with Crippen molar-refractivity contribution in [3.05, 3.63) is 35.9 Å². The van der Waals surface area contributed by atoms with Gasteiger partial charge in [0, 0.05) is 12.1 Å². The molecule has 0 saturated carbocycles. The highest BCUT2D eigenvalue weighted by Gasteiger charge is 2.05. The van der Waals surface area contributed by atoms with E-state index in [1.54, 1.807) is 12.1 Å². The van der Waals surface area contributed by atoms with E-state index in [0.29, 0.717) is 10.7 Å². The number of amides is 1. The molecule has 1 amide bonds. The fraction of sp³-hybridized carbons (Fsp3) is 0.529. The molecule has 0 heterocycles. The summed E-state index contributed by atoms with van der Waals surface area (Å²) in [6, 6.07) is 9.10. The number of carbonyl (C=O) groups is 1. The Balaban J connectivity index is 2.05. The lowest BCUT2D eigenvalue weighted by Crippen LogP contribution is -2.39. The Morgan fingerprint density at radius 2 is 1.62 bits per heavy atom. The number of hydrogen-bond acceptors (Lipinski definition) is 2.